The third-order valence-electron chi connectivity index (χ3n) is 3.10. The molecule has 1 aromatic carbocycles. The zero-order valence-electron chi connectivity index (χ0n) is 11.1. The molecule has 0 atom stereocenters. The number of hydrogen-bond acceptors (Lipinski definition) is 3. The minimum atomic E-state index is -4.37. The minimum absolute atomic E-state index is 0.261. The Morgan fingerprint density at radius 2 is 1.80 bits per heavy atom. The summed E-state index contributed by atoms with van der Waals surface area (Å²) in [5, 5.41) is 0. The van der Waals surface area contributed by atoms with Crippen molar-refractivity contribution in [1.29, 1.82) is 0 Å². The van der Waals surface area contributed by atoms with Crippen LogP contribution < -0.4 is 0 Å². The van der Waals surface area contributed by atoms with Crippen LogP contribution in [0.4, 0.5) is 13.2 Å². The predicted octanol–water partition coefficient (Wildman–Crippen LogP) is 2.94. The van der Waals surface area contributed by atoms with E-state index >= 15 is 0 Å². The van der Waals surface area contributed by atoms with Gasteiger partial charge >= 0.3 is 6.18 Å². The van der Waals surface area contributed by atoms with Crippen LogP contribution in [0.25, 0.3) is 0 Å². The summed E-state index contributed by atoms with van der Waals surface area (Å²) in [6.45, 7) is 3.47. The molecule has 6 heteroatoms. The molecule has 0 bridgehead atoms. The molecule has 0 aromatic heterocycles. The molecule has 0 saturated carbocycles. The molecule has 1 aliphatic rings. The highest BCUT2D eigenvalue weighted by atomic mass is 32.2. The van der Waals surface area contributed by atoms with Crippen LogP contribution in [0.1, 0.15) is 11.1 Å². The van der Waals surface area contributed by atoms with Gasteiger partial charge in [-0.1, -0.05) is 5.92 Å². The fraction of sp³-hybridized carbons (Fsp3) is 0.429. The van der Waals surface area contributed by atoms with Crippen molar-refractivity contribution in [2.45, 2.75) is 11.1 Å². The molecular weight excluding hydrogens is 285 g/mol. The van der Waals surface area contributed by atoms with Crippen molar-refractivity contribution in [2.75, 3.05) is 33.2 Å². The first kappa shape index (κ1) is 15.2. The Kier molecular flexibility index (Phi) is 4.63. The summed E-state index contributed by atoms with van der Waals surface area (Å²) >= 11 is 1.34. The quantitative estimate of drug-likeness (QED) is 0.612. The van der Waals surface area contributed by atoms with Crippen molar-refractivity contribution >= 4 is 11.9 Å². The van der Waals surface area contributed by atoms with Crippen LogP contribution in [0.3, 0.4) is 0 Å². The Morgan fingerprint density at radius 1 is 1.15 bits per heavy atom. The topological polar surface area (TPSA) is 6.48 Å². The fourth-order valence-corrected chi connectivity index (χ4v) is 2.93. The average Bonchev–Trinajstić information content (AvgIpc) is 2.40. The molecule has 1 fully saturated rings. The summed E-state index contributed by atoms with van der Waals surface area (Å²) in [5.74, 6) is 2.28. The first-order chi connectivity index (χ1) is 9.38. The number of terminal acetylenes is 1. The van der Waals surface area contributed by atoms with E-state index in [1.165, 1.54) is 11.9 Å². The summed E-state index contributed by atoms with van der Waals surface area (Å²) < 4.78 is 40.5. The van der Waals surface area contributed by atoms with Gasteiger partial charge in [-0.15, -0.1) is 6.42 Å². The van der Waals surface area contributed by atoms with Crippen LogP contribution in [0, 0.1) is 12.3 Å². The third kappa shape index (κ3) is 3.92. The molecule has 2 rings (SSSR count). The zero-order valence-corrected chi connectivity index (χ0v) is 11.9. The van der Waals surface area contributed by atoms with Crippen molar-refractivity contribution < 1.29 is 13.2 Å². The SMILES string of the molecule is C#Cc1cc(SN2CCN(C)CC2)cc(C(F)(F)F)c1. The molecule has 1 aliphatic heterocycles. The lowest BCUT2D eigenvalue weighted by Gasteiger charge is -2.31. The van der Waals surface area contributed by atoms with E-state index < -0.39 is 11.7 Å². The first-order valence-corrected chi connectivity index (χ1v) is 6.96. The van der Waals surface area contributed by atoms with Gasteiger partial charge in [-0.2, -0.15) is 13.2 Å². The number of benzene rings is 1. The van der Waals surface area contributed by atoms with Crippen molar-refractivity contribution in [3.63, 3.8) is 0 Å². The maximum Gasteiger partial charge on any atom is 0.416 e. The van der Waals surface area contributed by atoms with Gasteiger partial charge in [-0.05, 0) is 37.2 Å². The molecule has 0 spiro atoms. The second-order valence-electron chi connectivity index (χ2n) is 4.71. The van der Waals surface area contributed by atoms with Gasteiger partial charge in [0.15, 0.2) is 0 Å². The van der Waals surface area contributed by atoms with E-state index in [0.29, 0.717) is 4.90 Å². The number of rotatable bonds is 2. The molecule has 1 aromatic rings. The Morgan fingerprint density at radius 3 is 2.35 bits per heavy atom. The Labute approximate surface area is 121 Å². The summed E-state index contributed by atoms with van der Waals surface area (Å²) in [5.41, 5.74) is -0.430. The van der Waals surface area contributed by atoms with Crippen LogP contribution in [-0.4, -0.2) is 42.4 Å². The lowest BCUT2D eigenvalue weighted by Crippen LogP contribution is -2.40. The van der Waals surface area contributed by atoms with Crippen molar-refractivity contribution in [3.05, 3.63) is 29.3 Å². The van der Waals surface area contributed by atoms with E-state index in [1.807, 2.05) is 7.05 Å². The Bertz CT molecular complexity index is 514. The lowest BCUT2D eigenvalue weighted by atomic mass is 10.1. The standard InChI is InChI=1S/C14H15F3N2S/c1-3-11-8-12(14(15,16)17)10-13(9-11)20-19-6-4-18(2)5-7-19/h1,8-10H,4-7H2,2H3. The molecule has 1 heterocycles. The van der Waals surface area contributed by atoms with Gasteiger partial charge in [0.25, 0.3) is 0 Å². The number of nitrogens with zero attached hydrogens (tertiary/aromatic N) is 2. The molecule has 1 saturated heterocycles. The number of hydrogen-bond donors (Lipinski definition) is 0. The first-order valence-electron chi connectivity index (χ1n) is 6.19. The second-order valence-corrected chi connectivity index (χ2v) is 5.88. The number of likely N-dealkylation sites (N-methyl/N-ethyl adjacent to an activating group) is 1. The second kappa shape index (κ2) is 6.08. The normalized spacial score (nSPS) is 17.9. The molecule has 0 amide bonds. The number of piperazine rings is 1. The predicted molar refractivity (Wildman–Crippen MR) is 74.3 cm³/mol. The molecular formula is C14H15F3N2S. The van der Waals surface area contributed by atoms with Crippen LogP contribution in [0.5, 0.6) is 0 Å². The van der Waals surface area contributed by atoms with Gasteiger partial charge in [-0.25, -0.2) is 4.31 Å². The molecule has 0 radical (unpaired) electrons. The average molecular weight is 300 g/mol. The summed E-state index contributed by atoms with van der Waals surface area (Å²) in [7, 11) is 2.03. The van der Waals surface area contributed by atoms with Crippen molar-refractivity contribution in [1.82, 2.24) is 9.21 Å². The van der Waals surface area contributed by atoms with E-state index in [9.17, 15) is 13.2 Å². The monoisotopic (exact) mass is 300 g/mol. The van der Waals surface area contributed by atoms with Crippen molar-refractivity contribution in [3.8, 4) is 12.3 Å². The smallest absolute Gasteiger partial charge is 0.304 e. The van der Waals surface area contributed by atoms with Gasteiger partial charge in [0.2, 0.25) is 0 Å². The van der Waals surface area contributed by atoms with Crippen molar-refractivity contribution in [2.24, 2.45) is 0 Å². The molecule has 20 heavy (non-hydrogen) atoms. The minimum Gasteiger partial charge on any atom is -0.304 e. The fourth-order valence-electron chi connectivity index (χ4n) is 1.93. The Hall–Kier alpha value is -1.16. The van der Waals surface area contributed by atoms with Crippen LogP contribution in [0.2, 0.25) is 0 Å². The van der Waals surface area contributed by atoms with E-state index in [2.05, 4.69) is 15.1 Å². The highest BCUT2D eigenvalue weighted by molar-refractivity contribution is 7.97. The molecule has 0 aliphatic carbocycles. The number of alkyl halides is 3. The van der Waals surface area contributed by atoms with Crippen LogP contribution in [-0.2, 0) is 6.18 Å². The largest absolute Gasteiger partial charge is 0.416 e. The van der Waals surface area contributed by atoms with Gasteiger partial charge in [-0.3, -0.25) is 0 Å². The van der Waals surface area contributed by atoms with Gasteiger partial charge < -0.3 is 4.90 Å². The summed E-state index contributed by atoms with van der Waals surface area (Å²) in [4.78, 5) is 2.73. The maximum atomic E-state index is 12.8. The summed E-state index contributed by atoms with van der Waals surface area (Å²) in [6.07, 6.45) is 0.865. The lowest BCUT2D eigenvalue weighted by molar-refractivity contribution is -0.137. The van der Waals surface area contributed by atoms with Crippen LogP contribution in [0.15, 0.2) is 23.1 Å². The Balaban J connectivity index is 2.17. The maximum absolute atomic E-state index is 12.8. The highest BCUT2D eigenvalue weighted by Crippen LogP contribution is 2.34. The molecule has 0 N–H and O–H groups in total. The van der Waals surface area contributed by atoms with E-state index in [1.54, 1.807) is 6.07 Å². The van der Waals surface area contributed by atoms with E-state index in [4.69, 9.17) is 6.42 Å². The van der Waals surface area contributed by atoms with Gasteiger partial charge in [0, 0.05) is 36.6 Å². The van der Waals surface area contributed by atoms with E-state index in [0.717, 1.165) is 38.3 Å². The van der Waals surface area contributed by atoms with E-state index in [-0.39, 0.29) is 5.56 Å². The highest BCUT2D eigenvalue weighted by Gasteiger charge is 2.31. The number of halogens is 3. The third-order valence-corrected chi connectivity index (χ3v) is 4.17. The molecule has 0 unspecified atom stereocenters. The van der Waals surface area contributed by atoms with Gasteiger partial charge in [0.05, 0.1) is 5.56 Å². The zero-order chi connectivity index (χ0) is 14.8. The van der Waals surface area contributed by atoms with Crippen LogP contribution >= 0.6 is 11.9 Å². The van der Waals surface area contributed by atoms with Gasteiger partial charge in [0.1, 0.15) is 0 Å². The molecule has 108 valence electrons. The molecule has 2 nitrogen and oxygen atoms in total. The summed E-state index contributed by atoms with van der Waals surface area (Å²) in [6, 6.07) is 3.79.